The van der Waals surface area contributed by atoms with Crippen LogP contribution in [0.5, 0.6) is 0 Å². The molecule has 6 aliphatic rings. The maximum atomic E-state index is 5.91. The van der Waals surface area contributed by atoms with E-state index in [2.05, 4.69) is 64.0 Å². The summed E-state index contributed by atoms with van der Waals surface area (Å²) in [5.41, 5.74) is 17.6. The summed E-state index contributed by atoms with van der Waals surface area (Å²) in [6.45, 7) is 15.8. The number of nitrogens with zero attached hydrogens (tertiary/aromatic N) is 8. The van der Waals surface area contributed by atoms with Gasteiger partial charge >= 0.3 is 14.3 Å². The molecule has 18 heteroatoms. The number of hydrogen-bond donors (Lipinski definition) is 6. The van der Waals surface area contributed by atoms with Gasteiger partial charge in [0.1, 0.15) is 0 Å². The molecule has 70 heavy (non-hydrogen) atoms. The third-order valence-corrected chi connectivity index (χ3v) is 11.5. The van der Waals surface area contributed by atoms with Crippen molar-refractivity contribution in [1.82, 2.24) is 20.0 Å². The minimum Gasteiger partial charge on any atom is -0.0379 e. The number of rotatable bonds is 4. The normalized spacial score (nSPS) is 16.8. The molecule has 0 saturated carbocycles. The Hall–Kier alpha value is -5.32. The van der Waals surface area contributed by atoms with Crippen molar-refractivity contribution in [2.75, 3.05) is 76.1 Å². The Morgan fingerprint density at radius 2 is 1.19 bits per heavy atom. The van der Waals surface area contributed by atoms with Crippen molar-refractivity contribution in [3.05, 3.63) is 120 Å². The summed E-state index contributed by atoms with van der Waals surface area (Å²) in [6, 6.07) is 35.2. The van der Waals surface area contributed by atoms with Crippen LogP contribution in [0.4, 0.5) is 22.7 Å². The summed E-state index contributed by atoms with van der Waals surface area (Å²) in [6.07, 6.45) is 13.0. The Morgan fingerprint density at radius 3 is 1.81 bits per heavy atom. The average molecular weight is 1180 g/mol. The zero-order valence-electron chi connectivity index (χ0n) is 45.0. The number of hydrogen-bond acceptors (Lipinski definition) is 10. The molecule has 8 N–H and O–H groups in total. The maximum Gasteiger partial charge on any atom is 0.0643 e. The van der Waals surface area contributed by atoms with Crippen LogP contribution in [-0.2, 0) is 0 Å². The first-order chi connectivity index (χ1) is 35.2. The standard InChI is InChI=1S/C15H17N3.C13H13N3.C9H16N2.C7H13N3.C7H12N2.CH4.BH2N.BH2.BH.U/c1-11-7-3-5-9-13(11)17-15(16)18-14-10-6-4-8-12(14)2;14-13(15-11-7-3-1-4-8-11)16-12-9-5-2-6-10-12;1-2-5-9-10-6-4-8-11(9)7-3-1;1-3-8-7-9-4-2-6-10(7)5-1;1-3-7-8-4-2-6-9(7)5-1;;1-2;;;/h3-10H,1-2H3,(H3,16,17,18);1-10H,(H3,14,15,16);1-8H2;1-6H2,(H,8,9);1-6H2;1H4;1-2H;1H2;1H;/i;;;;;;1D;1TD;1D;. The molecular weight excluding hydrogens is 1090 g/mol. The average Bonchev–Trinajstić information content (AvgIpc) is 3.77. The molecule has 3 radical (unpaired) electrons. The number of amidine groups is 2. The van der Waals surface area contributed by atoms with Crippen LogP contribution in [0, 0.1) is 50.3 Å². The molecule has 6 aliphatic heterocycles. The molecule has 6 heterocycles. The summed E-state index contributed by atoms with van der Waals surface area (Å²) in [5, 5.41) is 15.2. The van der Waals surface area contributed by atoms with Crippen LogP contribution in [0.2, 0.25) is 0 Å². The van der Waals surface area contributed by atoms with Gasteiger partial charge in [-0.25, -0.2) is 9.98 Å². The van der Waals surface area contributed by atoms with Gasteiger partial charge in [0, 0.05) is 129 Å². The van der Waals surface area contributed by atoms with E-state index < -0.39 is 0 Å². The number of aryl methyl sites for hydroxylation is 2. The second-order valence-electron chi connectivity index (χ2n) is 16.6. The molecule has 14 nitrogen and oxygen atoms in total. The van der Waals surface area contributed by atoms with Crippen LogP contribution < -0.4 is 27.4 Å². The molecule has 0 atom stereocenters. The number of para-hydroxylation sites is 4. The van der Waals surface area contributed by atoms with Gasteiger partial charge in [-0.3, -0.25) is 15.0 Å². The van der Waals surface area contributed by atoms with E-state index in [0.29, 0.717) is 27.9 Å². The van der Waals surface area contributed by atoms with Crippen LogP contribution in [-0.4, -0.2) is 139 Å². The largest absolute Gasteiger partial charge is 0.0643 e. The van der Waals surface area contributed by atoms with Gasteiger partial charge in [-0.2, -0.15) is 0 Å². The van der Waals surface area contributed by atoms with Crippen molar-refractivity contribution in [3.63, 3.8) is 0 Å². The minimum atomic E-state index is 0. The van der Waals surface area contributed by atoms with Crippen molar-refractivity contribution in [1.29, 1.82) is 10.7 Å². The van der Waals surface area contributed by atoms with Crippen molar-refractivity contribution in [2.24, 2.45) is 36.4 Å². The molecule has 0 aromatic heterocycles. The zero-order valence-corrected chi connectivity index (χ0v) is 45.2. The molecule has 0 bridgehead atoms. The smallest absolute Gasteiger partial charge is 0.0379 e. The number of nitrogens with one attached hydrogen (secondary N) is 4. The molecule has 0 aliphatic carbocycles. The molecule has 10 rings (SSSR count). The Morgan fingerprint density at radius 1 is 0.686 bits per heavy atom. The fourth-order valence-electron chi connectivity index (χ4n) is 8.09. The SMILES string of the molecule is C.C1CCC2=NCCCN2CC1.C1CN=C2CCCN2C1.C1CN=C2NCCCN2C1.Cc1ccccc1N=C(N)Nc1ccccc1C.NC(=Nc1ccccc1)Nc1ccccc1.[2H]B=N.[2H][B].[2H][B][3H].[U]. The fraction of sp³-hybridized carbons (Fsp3) is 0.442. The van der Waals surface area contributed by atoms with E-state index in [1.807, 2.05) is 123 Å². The minimum absolute atomic E-state index is 0. The van der Waals surface area contributed by atoms with E-state index in [4.69, 9.17) is 22.1 Å². The Bertz CT molecular complexity index is 2270. The molecule has 4 aromatic rings. The maximum absolute atomic E-state index is 5.91. The number of nitrogens with two attached hydrogens (primary N) is 2. The van der Waals surface area contributed by atoms with Gasteiger partial charge in [-0.15, -0.1) is 0 Å². The number of benzene rings is 4. The molecule has 371 valence electrons. The quantitative estimate of drug-likeness (QED) is 0.0694. The summed E-state index contributed by atoms with van der Waals surface area (Å²) in [5.74, 6) is 4.70. The molecular formula is C52H80B3N14U. The molecule has 0 amide bonds. The first-order valence-electron chi connectivity index (χ1n) is 26.0. The molecule has 4 aromatic carbocycles. The van der Waals surface area contributed by atoms with Crippen molar-refractivity contribution in [3.8, 4) is 0 Å². The summed E-state index contributed by atoms with van der Waals surface area (Å²) in [7, 11) is 4.75. The number of anilines is 2. The topological polar surface area (TPSA) is 184 Å². The summed E-state index contributed by atoms with van der Waals surface area (Å²) in [4.78, 5) is 29.2. The van der Waals surface area contributed by atoms with Gasteiger partial charge in [-0.05, 0) is 110 Å². The third-order valence-electron chi connectivity index (χ3n) is 11.5. The van der Waals surface area contributed by atoms with Crippen LogP contribution in [0.25, 0.3) is 0 Å². The van der Waals surface area contributed by atoms with Gasteiger partial charge < -0.3 is 42.1 Å². The van der Waals surface area contributed by atoms with Gasteiger partial charge in [0.25, 0.3) is 0 Å². The van der Waals surface area contributed by atoms with E-state index in [-0.39, 0.29) is 38.5 Å². The van der Waals surface area contributed by atoms with E-state index in [9.17, 15) is 0 Å². The molecule has 3 fully saturated rings. The summed E-state index contributed by atoms with van der Waals surface area (Å²) < 4.78 is 22.5. The van der Waals surface area contributed by atoms with Crippen LogP contribution in [0.15, 0.2) is 134 Å². The predicted octanol–water partition coefficient (Wildman–Crippen LogP) is 7.42. The molecule has 0 spiro atoms. The van der Waals surface area contributed by atoms with Crippen molar-refractivity contribution < 1.29 is 31.1 Å². The fourth-order valence-corrected chi connectivity index (χ4v) is 8.09. The Balaban J connectivity index is 0.000000451. The van der Waals surface area contributed by atoms with Crippen molar-refractivity contribution in [2.45, 2.75) is 85.5 Å². The molecule has 0 unspecified atom stereocenters. The summed E-state index contributed by atoms with van der Waals surface area (Å²) >= 11 is 0. The Labute approximate surface area is 454 Å². The van der Waals surface area contributed by atoms with Crippen LogP contribution >= 0.6 is 0 Å². The second kappa shape index (κ2) is 36.6. The predicted molar refractivity (Wildman–Crippen MR) is 303 cm³/mol. The zero-order chi connectivity index (χ0) is 52.0. The van der Waals surface area contributed by atoms with E-state index in [1.54, 1.807) is 0 Å². The number of aliphatic imine (C=N–C) groups is 5. The van der Waals surface area contributed by atoms with Gasteiger partial charge in [0.2, 0.25) is 0 Å². The van der Waals surface area contributed by atoms with E-state index in [1.165, 1.54) is 115 Å². The number of fused-ring (bicyclic) bond motifs is 3. The van der Waals surface area contributed by atoms with Gasteiger partial charge in [0.15, 0.2) is 17.9 Å². The first kappa shape index (κ1) is 55.6. The van der Waals surface area contributed by atoms with E-state index >= 15 is 0 Å². The third kappa shape index (κ3) is 22.6. The second-order valence-corrected chi connectivity index (χ2v) is 16.6. The molecule has 3 saturated heterocycles. The van der Waals surface area contributed by atoms with Crippen LogP contribution in [0.3, 0.4) is 0 Å². The monoisotopic (exact) mass is 1180 g/mol. The van der Waals surface area contributed by atoms with Gasteiger partial charge in [-0.1, -0.05) is 86.6 Å². The van der Waals surface area contributed by atoms with Gasteiger partial charge in [0.05, 0.1) is 31.4 Å². The van der Waals surface area contributed by atoms with Crippen LogP contribution in [0.1, 0.15) is 82.8 Å². The Kier molecular flexibility index (Phi) is 29.1. The first-order valence-corrected chi connectivity index (χ1v) is 23.7. The van der Waals surface area contributed by atoms with E-state index in [0.717, 1.165) is 66.0 Å². The number of guanidine groups is 3. The van der Waals surface area contributed by atoms with Crippen molar-refractivity contribution >= 4 is 76.6 Å².